The van der Waals surface area contributed by atoms with Crippen LogP contribution in [0.2, 0.25) is 0 Å². The molecular formula is C28H41IN2O6. The molecule has 0 heterocycles. The van der Waals surface area contributed by atoms with E-state index in [-0.39, 0.29) is 37.5 Å². The van der Waals surface area contributed by atoms with E-state index in [0.717, 1.165) is 29.3 Å². The van der Waals surface area contributed by atoms with Gasteiger partial charge in [0, 0.05) is 38.1 Å². The van der Waals surface area contributed by atoms with Crippen molar-refractivity contribution in [2.45, 2.75) is 83.1 Å². The Balaban J connectivity index is 1.86. The molecule has 37 heavy (non-hydrogen) atoms. The van der Waals surface area contributed by atoms with Crippen LogP contribution in [0, 0.1) is 9.49 Å². The van der Waals surface area contributed by atoms with Gasteiger partial charge in [0.1, 0.15) is 18.0 Å². The first-order valence-corrected chi connectivity index (χ1v) is 14.5. The highest BCUT2D eigenvalue weighted by Crippen LogP contribution is 2.32. The summed E-state index contributed by atoms with van der Waals surface area (Å²) in [6.07, 6.45) is 5.63. The first-order valence-electron chi connectivity index (χ1n) is 13.4. The summed E-state index contributed by atoms with van der Waals surface area (Å²) in [6, 6.07) is 6.88. The maximum atomic E-state index is 13.6. The van der Waals surface area contributed by atoms with Gasteiger partial charge in [0.15, 0.2) is 0 Å². The number of para-hydroxylation sites is 1. The van der Waals surface area contributed by atoms with E-state index >= 15 is 0 Å². The number of nitrogens with one attached hydrogen (secondary N) is 1. The molecule has 0 aliphatic heterocycles. The van der Waals surface area contributed by atoms with Crippen LogP contribution in [0.3, 0.4) is 0 Å². The minimum Gasteiger partial charge on any atom is -0.482 e. The third-order valence-electron chi connectivity index (χ3n) is 6.97. The fraction of sp³-hybridized carbons (Fsp3) is 0.643. The van der Waals surface area contributed by atoms with Gasteiger partial charge in [-0.25, -0.2) is 0 Å². The molecule has 1 aromatic carbocycles. The van der Waals surface area contributed by atoms with Crippen LogP contribution in [0.25, 0.3) is 0 Å². The van der Waals surface area contributed by atoms with Gasteiger partial charge in [0.25, 0.3) is 0 Å². The molecule has 2 amide bonds. The summed E-state index contributed by atoms with van der Waals surface area (Å²) in [5, 5.41) is 23.4. The van der Waals surface area contributed by atoms with Crippen molar-refractivity contribution < 1.29 is 29.3 Å². The van der Waals surface area contributed by atoms with Crippen molar-refractivity contribution in [1.29, 1.82) is 0 Å². The monoisotopic (exact) mass is 628 g/mol. The number of aliphatic hydroxyl groups excluding tert-OH is 2. The maximum Gasteiger partial charge on any atom is 0.247 e. The van der Waals surface area contributed by atoms with E-state index in [9.17, 15) is 19.8 Å². The molecule has 2 aliphatic rings. The SMILES string of the molecule is CC(C)OCCCN(C(=O)CC1CCCC1)[C@@H]1CC(C(=O)NCCO)=C[C@H](Oc2ccccc2I)[C@H]1O. The van der Waals surface area contributed by atoms with Crippen LogP contribution in [-0.2, 0) is 14.3 Å². The normalized spacial score (nSPS) is 22.1. The van der Waals surface area contributed by atoms with E-state index in [1.165, 1.54) is 0 Å². The molecule has 8 nitrogen and oxygen atoms in total. The lowest BCUT2D eigenvalue weighted by Gasteiger charge is -2.41. The standard InChI is InChI=1S/C28H41IN2O6/c1-19(2)36-15-7-13-31(26(33)16-20-8-3-4-9-20)23-17-21(28(35)30-12-14-32)18-25(27(23)34)37-24-11-6-5-10-22(24)29/h5-6,10-11,18-20,23,25,27,32,34H,3-4,7-9,12-17H2,1-2H3,(H,30,35)/t23-,25+,27+/m1/s1. The van der Waals surface area contributed by atoms with E-state index < -0.39 is 18.2 Å². The Morgan fingerprint density at radius 2 is 1.95 bits per heavy atom. The predicted molar refractivity (Wildman–Crippen MR) is 150 cm³/mol. The molecule has 3 atom stereocenters. The van der Waals surface area contributed by atoms with Gasteiger partial charge >= 0.3 is 0 Å². The summed E-state index contributed by atoms with van der Waals surface area (Å²) in [6.45, 7) is 4.85. The molecule has 9 heteroatoms. The zero-order valence-electron chi connectivity index (χ0n) is 21.9. The summed E-state index contributed by atoms with van der Waals surface area (Å²) >= 11 is 2.17. The third-order valence-corrected chi connectivity index (χ3v) is 7.86. The Kier molecular flexibility index (Phi) is 12.1. The number of carbonyl (C=O) groups is 2. The molecule has 0 saturated heterocycles. The minimum atomic E-state index is -1.01. The highest BCUT2D eigenvalue weighted by Gasteiger charge is 2.40. The van der Waals surface area contributed by atoms with Gasteiger partial charge in [-0.2, -0.15) is 0 Å². The van der Waals surface area contributed by atoms with Crippen molar-refractivity contribution in [3.05, 3.63) is 39.5 Å². The number of hydrogen-bond acceptors (Lipinski definition) is 6. The van der Waals surface area contributed by atoms with Crippen molar-refractivity contribution in [3.63, 3.8) is 0 Å². The average molecular weight is 629 g/mol. The molecule has 0 spiro atoms. The predicted octanol–water partition coefficient (Wildman–Crippen LogP) is 3.43. The van der Waals surface area contributed by atoms with Gasteiger partial charge in [-0.3, -0.25) is 9.59 Å². The molecule has 0 radical (unpaired) electrons. The largest absolute Gasteiger partial charge is 0.482 e. The van der Waals surface area contributed by atoms with Gasteiger partial charge in [-0.15, -0.1) is 0 Å². The molecule has 0 aromatic heterocycles. The lowest BCUT2D eigenvalue weighted by atomic mass is 9.87. The van der Waals surface area contributed by atoms with Crippen molar-refractivity contribution in [1.82, 2.24) is 10.2 Å². The van der Waals surface area contributed by atoms with Crippen LogP contribution in [0.4, 0.5) is 0 Å². The topological polar surface area (TPSA) is 108 Å². The maximum absolute atomic E-state index is 13.6. The molecular weight excluding hydrogens is 587 g/mol. The number of halogens is 1. The van der Waals surface area contributed by atoms with E-state index in [2.05, 4.69) is 27.9 Å². The fourth-order valence-corrected chi connectivity index (χ4v) is 5.59. The van der Waals surface area contributed by atoms with Gasteiger partial charge in [0.05, 0.1) is 22.3 Å². The van der Waals surface area contributed by atoms with E-state index in [0.29, 0.717) is 43.2 Å². The number of amides is 2. The average Bonchev–Trinajstić information content (AvgIpc) is 3.38. The summed E-state index contributed by atoms with van der Waals surface area (Å²) < 4.78 is 12.8. The molecule has 3 N–H and O–H groups in total. The number of nitrogens with zero attached hydrogens (tertiary/aromatic N) is 1. The quantitative estimate of drug-likeness (QED) is 0.228. The number of hydrogen-bond donors (Lipinski definition) is 3. The summed E-state index contributed by atoms with van der Waals surface area (Å²) in [5.41, 5.74) is 0.441. The van der Waals surface area contributed by atoms with Crippen LogP contribution >= 0.6 is 22.6 Å². The van der Waals surface area contributed by atoms with Gasteiger partial charge < -0.3 is 29.9 Å². The van der Waals surface area contributed by atoms with Crippen LogP contribution < -0.4 is 10.1 Å². The second-order valence-corrected chi connectivity index (χ2v) is 11.3. The first kappa shape index (κ1) is 29.9. The Hall–Kier alpha value is -1.69. The summed E-state index contributed by atoms with van der Waals surface area (Å²) in [5.74, 6) is 0.649. The summed E-state index contributed by atoms with van der Waals surface area (Å²) in [4.78, 5) is 28.3. The summed E-state index contributed by atoms with van der Waals surface area (Å²) in [7, 11) is 0. The highest BCUT2D eigenvalue weighted by molar-refractivity contribution is 14.1. The zero-order valence-corrected chi connectivity index (χ0v) is 24.1. The molecule has 1 aromatic rings. The van der Waals surface area contributed by atoms with Gasteiger partial charge in [-0.05, 0) is 79.8 Å². The number of rotatable bonds is 13. The second-order valence-electron chi connectivity index (χ2n) is 10.2. The Morgan fingerprint density at radius 1 is 1.22 bits per heavy atom. The fourth-order valence-electron chi connectivity index (χ4n) is 5.07. The molecule has 0 unspecified atom stereocenters. The lowest BCUT2D eigenvalue weighted by molar-refractivity contribution is -0.140. The van der Waals surface area contributed by atoms with E-state index in [4.69, 9.17) is 9.47 Å². The van der Waals surface area contributed by atoms with Crippen LogP contribution in [0.1, 0.15) is 58.8 Å². The van der Waals surface area contributed by atoms with Crippen molar-refractivity contribution >= 4 is 34.4 Å². The second kappa shape index (κ2) is 15.0. The molecule has 1 saturated carbocycles. The molecule has 0 bridgehead atoms. The van der Waals surface area contributed by atoms with Crippen molar-refractivity contribution in [3.8, 4) is 5.75 Å². The first-order chi connectivity index (χ1) is 17.8. The number of ether oxygens (including phenoxy) is 2. The van der Waals surface area contributed by atoms with Gasteiger partial charge in [0.2, 0.25) is 11.8 Å². The van der Waals surface area contributed by atoms with Crippen LogP contribution in [0.15, 0.2) is 35.9 Å². The van der Waals surface area contributed by atoms with Crippen LogP contribution in [-0.4, -0.2) is 77.6 Å². The van der Waals surface area contributed by atoms with E-state index in [1.54, 1.807) is 11.0 Å². The lowest BCUT2D eigenvalue weighted by Crippen LogP contribution is -2.55. The third kappa shape index (κ3) is 8.94. The molecule has 2 aliphatic carbocycles. The molecule has 206 valence electrons. The number of aliphatic hydroxyl groups is 2. The molecule has 3 rings (SSSR count). The zero-order chi connectivity index (χ0) is 26.8. The van der Waals surface area contributed by atoms with Crippen molar-refractivity contribution in [2.75, 3.05) is 26.3 Å². The van der Waals surface area contributed by atoms with Crippen molar-refractivity contribution in [2.24, 2.45) is 5.92 Å². The Labute approximate surface area is 233 Å². The highest BCUT2D eigenvalue weighted by atomic mass is 127. The molecule has 1 fully saturated rings. The number of benzene rings is 1. The van der Waals surface area contributed by atoms with E-state index in [1.807, 2.05) is 38.1 Å². The minimum absolute atomic E-state index is 0.00514. The number of carbonyl (C=O) groups excluding carboxylic acids is 2. The Morgan fingerprint density at radius 3 is 2.62 bits per heavy atom. The van der Waals surface area contributed by atoms with Gasteiger partial charge in [-0.1, -0.05) is 25.0 Å². The Bertz CT molecular complexity index is 918. The smallest absolute Gasteiger partial charge is 0.247 e. The van der Waals surface area contributed by atoms with Crippen LogP contribution in [0.5, 0.6) is 5.75 Å².